The third kappa shape index (κ3) is 3.65. The molecule has 108 valence electrons. The molecule has 0 radical (unpaired) electrons. The highest BCUT2D eigenvalue weighted by Gasteiger charge is 2.34. The Morgan fingerprint density at radius 1 is 1.25 bits per heavy atom. The summed E-state index contributed by atoms with van der Waals surface area (Å²) in [5.41, 5.74) is -1.09. The maximum absolute atomic E-state index is 13.1. The first-order chi connectivity index (χ1) is 9.27. The number of alkyl halides is 3. The molecule has 0 fully saturated rings. The molecule has 1 aromatic heterocycles. The van der Waals surface area contributed by atoms with Gasteiger partial charge in [-0.2, -0.15) is 13.2 Å². The topological polar surface area (TPSA) is 12.0 Å². The van der Waals surface area contributed by atoms with Gasteiger partial charge < -0.3 is 5.32 Å². The quantitative estimate of drug-likeness (QED) is 0.642. The van der Waals surface area contributed by atoms with Crippen molar-refractivity contribution in [2.45, 2.75) is 12.7 Å². The molecule has 0 aliphatic carbocycles. The number of benzene rings is 1. The van der Waals surface area contributed by atoms with Crippen molar-refractivity contribution in [2.24, 2.45) is 0 Å². The van der Waals surface area contributed by atoms with Gasteiger partial charge in [-0.1, -0.05) is 11.6 Å². The zero-order chi connectivity index (χ0) is 14.9. The third-order valence-electron chi connectivity index (χ3n) is 2.43. The van der Waals surface area contributed by atoms with Crippen LogP contribution in [0.15, 0.2) is 28.7 Å². The van der Waals surface area contributed by atoms with Crippen molar-refractivity contribution in [3.63, 3.8) is 0 Å². The van der Waals surface area contributed by atoms with E-state index in [9.17, 15) is 17.6 Å². The van der Waals surface area contributed by atoms with Crippen molar-refractivity contribution >= 4 is 44.6 Å². The largest absolute Gasteiger partial charge is 0.419 e. The van der Waals surface area contributed by atoms with Crippen LogP contribution >= 0.6 is 38.9 Å². The standard InChI is InChI=1S/C12H7BrClF4NS/c13-9-4-7(20-11(9)14)5-19-6-1-2-10(15)8(3-6)12(16,17)18/h1-4,19H,5H2. The van der Waals surface area contributed by atoms with Crippen molar-refractivity contribution in [2.75, 3.05) is 5.32 Å². The van der Waals surface area contributed by atoms with E-state index in [2.05, 4.69) is 21.2 Å². The second kappa shape index (κ2) is 5.91. The molecule has 0 bridgehead atoms. The predicted molar refractivity (Wildman–Crippen MR) is 75.8 cm³/mol. The Labute approximate surface area is 129 Å². The third-order valence-corrected chi connectivity index (χ3v) is 4.91. The van der Waals surface area contributed by atoms with Gasteiger partial charge in [-0.3, -0.25) is 0 Å². The van der Waals surface area contributed by atoms with Crippen molar-refractivity contribution < 1.29 is 17.6 Å². The van der Waals surface area contributed by atoms with Crippen LogP contribution in [0.2, 0.25) is 4.34 Å². The van der Waals surface area contributed by atoms with Crippen LogP contribution in [-0.4, -0.2) is 0 Å². The van der Waals surface area contributed by atoms with Gasteiger partial charge in [0.15, 0.2) is 0 Å². The number of nitrogens with one attached hydrogen (secondary N) is 1. The molecule has 0 saturated heterocycles. The van der Waals surface area contributed by atoms with E-state index in [0.717, 1.165) is 21.5 Å². The van der Waals surface area contributed by atoms with Crippen LogP contribution < -0.4 is 5.32 Å². The van der Waals surface area contributed by atoms with E-state index in [1.54, 1.807) is 6.07 Å². The first kappa shape index (κ1) is 15.6. The minimum Gasteiger partial charge on any atom is -0.380 e. The van der Waals surface area contributed by atoms with E-state index in [0.29, 0.717) is 10.9 Å². The minimum absolute atomic E-state index is 0.194. The summed E-state index contributed by atoms with van der Waals surface area (Å²) < 4.78 is 52.1. The van der Waals surface area contributed by atoms with Gasteiger partial charge in [0.25, 0.3) is 0 Å². The van der Waals surface area contributed by atoms with Crippen LogP contribution in [-0.2, 0) is 12.7 Å². The lowest BCUT2D eigenvalue weighted by Gasteiger charge is -2.11. The lowest BCUT2D eigenvalue weighted by molar-refractivity contribution is -0.139. The maximum atomic E-state index is 13.1. The first-order valence-electron chi connectivity index (χ1n) is 5.31. The van der Waals surface area contributed by atoms with Crippen LogP contribution in [0.1, 0.15) is 10.4 Å². The molecule has 0 unspecified atom stereocenters. The molecule has 0 saturated carbocycles. The zero-order valence-electron chi connectivity index (χ0n) is 9.69. The van der Waals surface area contributed by atoms with Gasteiger partial charge in [0.1, 0.15) is 10.2 Å². The molecule has 0 aliphatic heterocycles. The molecule has 2 rings (SSSR count). The lowest BCUT2D eigenvalue weighted by Crippen LogP contribution is -2.09. The summed E-state index contributed by atoms with van der Waals surface area (Å²) in [6.45, 7) is 0.304. The molecule has 8 heteroatoms. The van der Waals surface area contributed by atoms with E-state index in [1.165, 1.54) is 17.4 Å². The van der Waals surface area contributed by atoms with E-state index < -0.39 is 17.6 Å². The van der Waals surface area contributed by atoms with E-state index in [4.69, 9.17) is 11.6 Å². The van der Waals surface area contributed by atoms with Gasteiger partial charge in [0, 0.05) is 21.6 Å². The van der Waals surface area contributed by atoms with E-state index in [1.807, 2.05) is 0 Å². The Kier molecular flexibility index (Phi) is 4.61. The van der Waals surface area contributed by atoms with Gasteiger partial charge in [0.05, 0.1) is 5.56 Å². The Balaban J connectivity index is 2.14. The summed E-state index contributed by atoms with van der Waals surface area (Å²) in [5.74, 6) is -1.29. The van der Waals surface area contributed by atoms with Gasteiger partial charge in [0.2, 0.25) is 0 Å². The van der Waals surface area contributed by atoms with Gasteiger partial charge >= 0.3 is 6.18 Å². The minimum atomic E-state index is -4.71. The molecule has 0 spiro atoms. The molecule has 1 heterocycles. The van der Waals surface area contributed by atoms with Crippen LogP contribution in [0.25, 0.3) is 0 Å². The SMILES string of the molecule is Fc1ccc(NCc2cc(Br)c(Cl)s2)cc1C(F)(F)F. The predicted octanol–water partition coefficient (Wildman–Crippen LogP) is 5.93. The number of anilines is 1. The first-order valence-corrected chi connectivity index (χ1v) is 7.30. The van der Waals surface area contributed by atoms with Gasteiger partial charge in [-0.05, 0) is 40.2 Å². The normalized spacial score (nSPS) is 11.7. The maximum Gasteiger partial charge on any atom is 0.419 e. The van der Waals surface area contributed by atoms with Crippen molar-refractivity contribution in [1.29, 1.82) is 0 Å². The summed E-state index contributed by atoms with van der Waals surface area (Å²) in [4.78, 5) is 0.847. The molecule has 1 N–H and O–H groups in total. The average molecular weight is 389 g/mol. The summed E-state index contributed by atoms with van der Waals surface area (Å²) >= 11 is 10.4. The number of hydrogen-bond donors (Lipinski definition) is 1. The van der Waals surface area contributed by atoms with Crippen LogP contribution in [0.3, 0.4) is 0 Å². The lowest BCUT2D eigenvalue weighted by atomic mass is 10.2. The second-order valence-corrected chi connectivity index (χ2v) is 6.47. The molecule has 1 aromatic carbocycles. The summed E-state index contributed by atoms with van der Waals surface area (Å²) in [6.07, 6.45) is -4.71. The molecular formula is C12H7BrClF4NS. The second-order valence-electron chi connectivity index (χ2n) is 3.88. The van der Waals surface area contributed by atoms with Crippen LogP contribution in [0, 0.1) is 5.82 Å². The molecular weight excluding hydrogens is 382 g/mol. The highest BCUT2D eigenvalue weighted by molar-refractivity contribution is 9.10. The monoisotopic (exact) mass is 387 g/mol. The Morgan fingerprint density at radius 2 is 1.95 bits per heavy atom. The fraction of sp³-hybridized carbons (Fsp3) is 0.167. The van der Waals surface area contributed by atoms with Crippen LogP contribution in [0.5, 0.6) is 0 Å². The molecule has 0 atom stereocenters. The smallest absolute Gasteiger partial charge is 0.380 e. The average Bonchev–Trinajstić information content (AvgIpc) is 2.66. The van der Waals surface area contributed by atoms with Gasteiger partial charge in [-0.25, -0.2) is 4.39 Å². The van der Waals surface area contributed by atoms with Crippen molar-refractivity contribution in [3.05, 3.63) is 49.3 Å². The molecule has 20 heavy (non-hydrogen) atoms. The van der Waals surface area contributed by atoms with E-state index in [-0.39, 0.29) is 5.69 Å². The van der Waals surface area contributed by atoms with Crippen LogP contribution in [0.4, 0.5) is 23.2 Å². The number of rotatable bonds is 3. The fourth-order valence-electron chi connectivity index (χ4n) is 1.52. The highest BCUT2D eigenvalue weighted by atomic mass is 79.9. The Hall–Kier alpha value is -0.790. The van der Waals surface area contributed by atoms with Gasteiger partial charge in [-0.15, -0.1) is 11.3 Å². The molecule has 2 aromatic rings. The molecule has 0 aliphatic rings. The van der Waals surface area contributed by atoms with Crippen molar-refractivity contribution in [1.82, 2.24) is 0 Å². The Morgan fingerprint density at radius 3 is 2.50 bits per heavy atom. The fourth-order valence-corrected chi connectivity index (χ4v) is 3.25. The molecule has 1 nitrogen and oxygen atoms in total. The summed E-state index contributed by atoms with van der Waals surface area (Å²) in [5, 5.41) is 2.81. The number of hydrogen-bond acceptors (Lipinski definition) is 2. The van der Waals surface area contributed by atoms with Crippen molar-refractivity contribution in [3.8, 4) is 0 Å². The summed E-state index contributed by atoms with van der Waals surface area (Å²) in [7, 11) is 0. The van der Waals surface area contributed by atoms with E-state index >= 15 is 0 Å². The summed E-state index contributed by atoms with van der Waals surface area (Å²) in [6, 6.07) is 4.57. The number of halogens is 6. The highest BCUT2D eigenvalue weighted by Crippen LogP contribution is 2.34. The Bertz CT molecular complexity index is 607. The molecule has 0 amide bonds. The number of thiophene rings is 1. The zero-order valence-corrected chi connectivity index (χ0v) is 12.9.